The zero-order chi connectivity index (χ0) is 19.6. The second kappa shape index (κ2) is 10.4. The number of nitrogens with one attached hydrogen (secondary N) is 1. The van der Waals surface area contributed by atoms with Crippen LogP contribution < -0.4 is 10.5 Å². The molecule has 142 valence electrons. The van der Waals surface area contributed by atoms with E-state index in [1.54, 1.807) is 30.5 Å². The molecule has 0 unspecified atom stereocenters. The van der Waals surface area contributed by atoms with Gasteiger partial charge in [0.2, 0.25) is 12.3 Å². The van der Waals surface area contributed by atoms with Crippen molar-refractivity contribution in [3.63, 3.8) is 0 Å². The topological polar surface area (TPSA) is 74.8 Å². The molecule has 2 aromatic rings. The lowest BCUT2D eigenvalue weighted by atomic mass is 10.2. The molecule has 8 heteroatoms. The predicted octanol–water partition coefficient (Wildman–Crippen LogP) is 2.83. The lowest BCUT2D eigenvalue weighted by Gasteiger charge is -2.23. The summed E-state index contributed by atoms with van der Waals surface area (Å²) >= 11 is 6.11. The van der Waals surface area contributed by atoms with E-state index in [2.05, 4.69) is 17.0 Å². The fourth-order valence-corrected chi connectivity index (χ4v) is 2.40. The molecule has 0 fully saturated rings. The van der Waals surface area contributed by atoms with Crippen LogP contribution in [0.5, 0.6) is 0 Å². The average Bonchev–Trinajstić information content (AvgIpc) is 2.68. The Morgan fingerprint density at radius 1 is 1.33 bits per heavy atom. The Bertz CT molecular complexity index is 783. The van der Waals surface area contributed by atoms with Gasteiger partial charge in [0.15, 0.2) is 5.82 Å². The van der Waals surface area contributed by atoms with Crippen molar-refractivity contribution in [3.05, 3.63) is 65.3 Å². The molecule has 0 aliphatic rings. The molecule has 1 heterocycles. The molecule has 0 aliphatic carbocycles. The number of hydroxylamine groups is 1. The molecule has 1 N–H and O–H groups in total. The predicted molar refractivity (Wildman–Crippen MR) is 105 cm³/mol. The summed E-state index contributed by atoms with van der Waals surface area (Å²) in [4.78, 5) is 32.6. The van der Waals surface area contributed by atoms with Gasteiger partial charge < -0.3 is 0 Å². The highest BCUT2D eigenvalue weighted by Gasteiger charge is 2.12. The van der Waals surface area contributed by atoms with E-state index in [1.807, 2.05) is 18.2 Å². The summed E-state index contributed by atoms with van der Waals surface area (Å²) in [5.41, 5.74) is 4.71. The molecule has 2 rings (SSSR count). The summed E-state index contributed by atoms with van der Waals surface area (Å²) < 4.78 is 0. The van der Waals surface area contributed by atoms with Crippen LogP contribution in [-0.4, -0.2) is 35.5 Å². The third-order valence-electron chi connectivity index (χ3n) is 3.67. The van der Waals surface area contributed by atoms with E-state index in [0.29, 0.717) is 23.8 Å². The van der Waals surface area contributed by atoms with Crippen molar-refractivity contribution >= 4 is 35.8 Å². The van der Waals surface area contributed by atoms with E-state index in [9.17, 15) is 9.59 Å². The molecule has 0 saturated heterocycles. The zero-order valence-corrected chi connectivity index (χ0v) is 15.7. The Morgan fingerprint density at radius 2 is 2.11 bits per heavy atom. The van der Waals surface area contributed by atoms with Crippen molar-refractivity contribution < 1.29 is 14.4 Å². The van der Waals surface area contributed by atoms with Crippen LogP contribution >= 0.6 is 11.6 Å². The number of hydrazine groups is 1. The van der Waals surface area contributed by atoms with E-state index in [0.717, 1.165) is 16.2 Å². The number of benzene rings is 1. The summed E-state index contributed by atoms with van der Waals surface area (Å²) in [5, 5.41) is 3.03. The number of nitrogens with zero attached hydrogens (tertiary/aromatic N) is 3. The second-order valence-corrected chi connectivity index (χ2v) is 5.92. The molecule has 2 amide bonds. The van der Waals surface area contributed by atoms with Gasteiger partial charge >= 0.3 is 0 Å². The van der Waals surface area contributed by atoms with Crippen molar-refractivity contribution in [2.24, 2.45) is 0 Å². The number of pyridine rings is 1. The normalized spacial score (nSPS) is 10.3. The van der Waals surface area contributed by atoms with E-state index in [-0.39, 0.29) is 19.1 Å². The number of carbonyl (C=O) groups is 2. The van der Waals surface area contributed by atoms with Crippen LogP contribution in [-0.2, 0) is 21.0 Å². The van der Waals surface area contributed by atoms with E-state index >= 15 is 0 Å². The van der Waals surface area contributed by atoms with Gasteiger partial charge in [-0.1, -0.05) is 42.5 Å². The third-order valence-corrected chi connectivity index (χ3v) is 4.04. The molecule has 0 saturated carbocycles. The van der Waals surface area contributed by atoms with Crippen LogP contribution in [0.2, 0.25) is 5.02 Å². The number of hydrogen-bond acceptors (Lipinski definition) is 5. The molecule has 0 aliphatic heterocycles. The SMILES string of the molecule is C=Cc1ccc(N(C=O)OCCN(NCc2ccccc2Cl)C(C)=O)nc1. The molecule has 7 nitrogen and oxygen atoms in total. The lowest BCUT2D eigenvalue weighted by Crippen LogP contribution is -2.44. The van der Waals surface area contributed by atoms with Crippen LogP contribution in [0.4, 0.5) is 5.82 Å². The molecule has 1 aromatic heterocycles. The first-order valence-corrected chi connectivity index (χ1v) is 8.64. The van der Waals surface area contributed by atoms with Crippen molar-refractivity contribution in [3.8, 4) is 0 Å². The zero-order valence-electron chi connectivity index (χ0n) is 15.0. The first-order chi connectivity index (χ1) is 13.0. The summed E-state index contributed by atoms with van der Waals surface area (Å²) in [6, 6.07) is 10.8. The van der Waals surface area contributed by atoms with Crippen LogP contribution in [0.3, 0.4) is 0 Å². The summed E-state index contributed by atoms with van der Waals surface area (Å²) in [6.45, 7) is 5.80. The van der Waals surface area contributed by atoms with Gasteiger partial charge in [0.1, 0.15) is 0 Å². The van der Waals surface area contributed by atoms with Gasteiger partial charge in [0, 0.05) is 24.7 Å². The number of carbonyl (C=O) groups excluding carboxylic acids is 2. The van der Waals surface area contributed by atoms with E-state index < -0.39 is 0 Å². The Balaban J connectivity index is 1.88. The van der Waals surface area contributed by atoms with Gasteiger partial charge in [-0.2, -0.15) is 5.06 Å². The van der Waals surface area contributed by atoms with Crippen molar-refractivity contribution in [1.29, 1.82) is 0 Å². The highest BCUT2D eigenvalue weighted by molar-refractivity contribution is 6.31. The van der Waals surface area contributed by atoms with E-state index in [4.69, 9.17) is 16.4 Å². The van der Waals surface area contributed by atoms with Gasteiger partial charge in [-0.15, -0.1) is 0 Å². The monoisotopic (exact) mass is 388 g/mol. The number of anilines is 1. The number of hydrogen-bond donors (Lipinski definition) is 1. The van der Waals surface area contributed by atoms with Crippen LogP contribution in [0, 0.1) is 0 Å². The van der Waals surface area contributed by atoms with Crippen LogP contribution in [0.15, 0.2) is 49.2 Å². The first kappa shape index (κ1) is 20.6. The fraction of sp³-hybridized carbons (Fsp3) is 0.211. The largest absolute Gasteiger partial charge is 0.276 e. The smallest absolute Gasteiger partial charge is 0.239 e. The standard InChI is InChI=1S/C19H21ClN4O3/c1-3-16-8-9-19(21-12-16)24(14-25)27-11-10-23(15(2)26)22-13-17-6-4-5-7-18(17)20/h3-9,12,14,22H,1,10-11,13H2,2H3. The Morgan fingerprint density at radius 3 is 2.70 bits per heavy atom. The molecule has 0 atom stereocenters. The molecule has 1 aromatic carbocycles. The van der Waals surface area contributed by atoms with Gasteiger partial charge in [-0.3, -0.25) is 19.4 Å². The Labute approximate surface area is 163 Å². The summed E-state index contributed by atoms with van der Waals surface area (Å²) in [7, 11) is 0. The fourth-order valence-electron chi connectivity index (χ4n) is 2.20. The highest BCUT2D eigenvalue weighted by Crippen LogP contribution is 2.14. The first-order valence-electron chi connectivity index (χ1n) is 8.26. The average molecular weight is 389 g/mol. The lowest BCUT2D eigenvalue weighted by molar-refractivity contribution is -0.133. The van der Waals surface area contributed by atoms with Gasteiger partial charge in [-0.05, 0) is 29.3 Å². The number of rotatable bonds is 10. The molecular weight excluding hydrogens is 368 g/mol. The second-order valence-electron chi connectivity index (χ2n) is 5.52. The Kier molecular flexibility index (Phi) is 7.94. The maximum absolute atomic E-state index is 11.8. The van der Waals surface area contributed by atoms with Crippen molar-refractivity contribution in [2.45, 2.75) is 13.5 Å². The number of aromatic nitrogens is 1. The number of halogens is 1. The number of amides is 2. The molecular formula is C19H21ClN4O3. The summed E-state index contributed by atoms with van der Waals surface area (Å²) in [5.74, 6) is 0.158. The maximum Gasteiger partial charge on any atom is 0.239 e. The molecule has 0 bridgehead atoms. The highest BCUT2D eigenvalue weighted by atomic mass is 35.5. The molecule has 0 spiro atoms. The van der Waals surface area contributed by atoms with Gasteiger partial charge in [0.25, 0.3) is 0 Å². The minimum atomic E-state index is -0.184. The minimum Gasteiger partial charge on any atom is -0.276 e. The van der Waals surface area contributed by atoms with Crippen molar-refractivity contribution in [2.75, 3.05) is 18.2 Å². The molecule has 0 radical (unpaired) electrons. The minimum absolute atomic E-state index is 0.0960. The van der Waals surface area contributed by atoms with Gasteiger partial charge in [0.05, 0.1) is 13.2 Å². The van der Waals surface area contributed by atoms with Crippen LogP contribution in [0.25, 0.3) is 6.08 Å². The molecule has 27 heavy (non-hydrogen) atoms. The van der Waals surface area contributed by atoms with Gasteiger partial charge in [-0.25, -0.2) is 10.4 Å². The van der Waals surface area contributed by atoms with Crippen LogP contribution in [0.1, 0.15) is 18.1 Å². The Hall–Kier alpha value is -2.74. The van der Waals surface area contributed by atoms with E-state index in [1.165, 1.54) is 11.9 Å². The van der Waals surface area contributed by atoms with Crippen molar-refractivity contribution in [1.82, 2.24) is 15.4 Å². The third kappa shape index (κ3) is 6.18. The quantitative estimate of drug-likeness (QED) is 0.500. The summed E-state index contributed by atoms with van der Waals surface area (Å²) in [6.07, 6.45) is 3.75. The maximum atomic E-state index is 11.8.